The predicted octanol–water partition coefficient (Wildman–Crippen LogP) is 1.06. The molecule has 1 unspecified atom stereocenters. The zero-order valence-electron chi connectivity index (χ0n) is 10.2. The standard InChI is InChI=1S/C11H17N3O3/c1-4-11(3,6-15)14-10-12-5-8(9(16)17)7(2)13-10/h5,15H,4,6H2,1-3H3,(H,16,17)(H,12,13,14). The highest BCUT2D eigenvalue weighted by Crippen LogP contribution is 2.15. The molecule has 1 aromatic rings. The summed E-state index contributed by atoms with van der Waals surface area (Å²) in [5.41, 5.74) is -0.0267. The van der Waals surface area contributed by atoms with E-state index in [1.165, 1.54) is 6.20 Å². The number of hydrogen-bond acceptors (Lipinski definition) is 5. The van der Waals surface area contributed by atoms with E-state index >= 15 is 0 Å². The van der Waals surface area contributed by atoms with Gasteiger partial charge in [-0.05, 0) is 20.3 Å². The van der Waals surface area contributed by atoms with Gasteiger partial charge in [-0.1, -0.05) is 6.92 Å². The van der Waals surface area contributed by atoms with Crippen molar-refractivity contribution in [2.24, 2.45) is 0 Å². The van der Waals surface area contributed by atoms with E-state index in [-0.39, 0.29) is 12.2 Å². The number of carboxylic acids is 1. The van der Waals surface area contributed by atoms with E-state index in [1.54, 1.807) is 6.92 Å². The van der Waals surface area contributed by atoms with E-state index in [0.29, 0.717) is 18.1 Å². The van der Waals surface area contributed by atoms with Crippen LogP contribution in [0.1, 0.15) is 36.3 Å². The van der Waals surface area contributed by atoms with Crippen molar-refractivity contribution in [1.29, 1.82) is 0 Å². The Bertz CT molecular complexity index is 416. The molecule has 0 spiro atoms. The van der Waals surface area contributed by atoms with Crippen molar-refractivity contribution < 1.29 is 15.0 Å². The van der Waals surface area contributed by atoms with E-state index < -0.39 is 11.5 Å². The van der Waals surface area contributed by atoms with Gasteiger partial charge >= 0.3 is 5.97 Å². The number of hydrogen-bond donors (Lipinski definition) is 3. The van der Waals surface area contributed by atoms with E-state index in [1.807, 2.05) is 13.8 Å². The van der Waals surface area contributed by atoms with Crippen molar-refractivity contribution >= 4 is 11.9 Å². The highest BCUT2D eigenvalue weighted by Gasteiger charge is 2.22. The lowest BCUT2D eigenvalue weighted by atomic mass is 10.0. The van der Waals surface area contributed by atoms with Crippen LogP contribution in [0.4, 0.5) is 5.95 Å². The van der Waals surface area contributed by atoms with E-state index in [9.17, 15) is 9.90 Å². The number of aliphatic hydroxyl groups excluding tert-OH is 1. The van der Waals surface area contributed by atoms with Crippen LogP contribution in [0.5, 0.6) is 0 Å². The van der Waals surface area contributed by atoms with Crippen LogP contribution in [-0.4, -0.2) is 38.3 Å². The van der Waals surface area contributed by atoms with Crippen molar-refractivity contribution in [2.45, 2.75) is 32.7 Å². The third-order valence-electron chi connectivity index (χ3n) is 2.75. The van der Waals surface area contributed by atoms with Crippen LogP contribution in [-0.2, 0) is 0 Å². The summed E-state index contributed by atoms with van der Waals surface area (Å²) in [5, 5.41) is 21.1. The lowest BCUT2D eigenvalue weighted by Crippen LogP contribution is -2.38. The third kappa shape index (κ3) is 3.13. The molecule has 0 aliphatic heterocycles. The molecular formula is C11H17N3O3. The molecule has 0 amide bonds. The normalized spacial score (nSPS) is 14.1. The third-order valence-corrected chi connectivity index (χ3v) is 2.75. The zero-order valence-corrected chi connectivity index (χ0v) is 10.2. The Balaban J connectivity index is 2.95. The first-order valence-electron chi connectivity index (χ1n) is 5.38. The summed E-state index contributed by atoms with van der Waals surface area (Å²) in [6.45, 7) is 5.34. The van der Waals surface area contributed by atoms with Gasteiger partial charge in [0.2, 0.25) is 5.95 Å². The van der Waals surface area contributed by atoms with Crippen LogP contribution < -0.4 is 5.32 Å². The van der Waals surface area contributed by atoms with Crippen molar-refractivity contribution in [1.82, 2.24) is 9.97 Å². The summed E-state index contributed by atoms with van der Waals surface area (Å²) in [7, 11) is 0. The molecule has 6 heteroatoms. The molecule has 1 heterocycles. The number of rotatable bonds is 5. The minimum atomic E-state index is -1.05. The molecular weight excluding hydrogens is 222 g/mol. The summed E-state index contributed by atoms with van der Waals surface area (Å²) < 4.78 is 0. The van der Waals surface area contributed by atoms with Crippen molar-refractivity contribution in [3.8, 4) is 0 Å². The smallest absolute Gasteiger partial charge is 0.339 e. The predicted molar refractivity (Wildman–Crippen MR) is 63.1 cm³/mol. The number of nitrogens with one attached hydrogen (secondary N) is 1. The topological polar surface area (TPSA) is 95.3 Å². The zero-order chi connectivity index (χ0) is 13.1. The minimum Gasteiger partial charge on any atom is -0.478 e. The Labute approximate surface area is 99.7 Å². The molecule has 1 aromatic heterocycles. The fourth-order valence-electron chi connectivity index (χ4n) is 1.25. The lowest BCUT2D eigenvalue weighted by molar-refractivity contribution is 0.0695. The van der Waals surface area contributed by atoms with Crippen LogP contribution in [0.15, 0.2) is 6.20 Å². The van der Waals surface area contributed by atoms with Crippen LogP contribution in [0.2, 0.25) is 0 Å². The van der Waals surface area contributed by atoms with Gasteiger partial charge < -0.3 is 15.5 Å². The SMILES string of the molecule is CCC(C)(CO)Nc1ncc(C(=O)O)c(C)n1. The van der Waals surface area contributed by atoms with Gasteiger partial charge in [-0.3, -0.25) is 0 Å². The lowest BCUT2D eigenvalue weighted by Gasteiger charge is -2.27. The number of anilines is 1. The molecule has 0 aromatic carbocycles. The van der Waals surface area contributed by atoms with E-state index in [2.05, 4.69) is 15.3 Å². The Hall–Kier alpha value is -1.69. The maximum absolute atomic E-state index is 10.8. The van der Waals surface area contributed by atoms with Gasteiger partial charge in [-0.2, -0.15) is 0 Å². The molecule has 0 radical (unpaired) electrons. The van der Waals surface area contributed by atoms with Gasteiger partial charge in [0.25, 0.3) is 0 Å². The first-order valence-corrected chi connectivity index (χ1v) is 5.38. The number of aromatic carboxylic acids is 1. The number of aromatic nitrogens is 2. The summed E-state index contributed by atoms with van der Waals surface area (Å²) >= 11 is 0. The van der Waals surface area contributed by atoms with Crippen LogP contribution in [0.3, 0.4) is 0 Å². The Morgan fingerprint density at radius 1 is 1.59 bits per heavy atom. The highest BCUT2D eigenvalue weighted by atomic mass is 16.4. The van der Waals surface area contributed by atoms with Crippen molar-refractivity contribution in [3.05, 3.63) is 17.5 Å². The van der Waals surface area contributed by atoms with Crippen LogP contribution >= 0.6 is 0 Å². The molecule has 0 saturated heterocycles. The average Bonchev–Trinajstić information content (AvgIpc) is 2.28. The largest absolute Gasteiger partial charge is 0.478 e. The second kappa shape index (κ2) is 5.09. The number of aliphatic hydroxyl groups is 1. The second-order valence-electron chi connectivity index (χ2n) is 4.20. The number of nitrogens with zero attached hydrogens (tertiary/aromatic N) is 2. The molecule has 0 bridgehead atoms. The maximum atomic E-state index is 10.8. The fraction of sp³-hybridized carbons (Fsp3) is 0.545. The highest BCUT2D eigenvalue weighted by molar-refractivity contribution is 5.88. The van der Waals surface area contributed by atoms with Gasteiger partial charge in [-0.15, -0.1) is 0 Å². The van der Waals surface area contributed by atoms with Gasteiger partial charge in [0.05, 0.1) is 23.4 Å². The van der Waals surface area contributed by atoms with Gasteiger partial charge in [0.1, 0.15) is 0 Å². The molecule has 1 atom stereocenters. The Morgan fingerprint density at radius 3 is 2.65 bits per heavy atom. The monoisotopic (exact) mass is 239 g/mol. The van der Waals surface area contributed by atoms with Crippen LogP contribution in [0.25, 0.3) is 0 Å². The van der Waals surface area contributed by atoms with Crippen LogP contribution in [0, 0.1) is 6.92 Å². The molecule has 6 nitrogen and oxygen atoms in total. The van der Waals surface area contributed by atoms with Crippen molar-refractivity contribution in [3.63, 3.8) is 0 Å². The Kier molecular flexibility index (Phi) is 4.01. The maximum Gasteiger partial charge on any atom is 0.339 e. The minimum absolute atomic E-state index is 0.0490. The molecule has 3 N–H and O–H groups in total. The van der Waals surface area contributed by atoms with E-state index in [0.717, 1.165) is 0 Å². The summed E-state index contributed by atoms with van der Waals surface area (Å²) in [6, 6.07) is 0. The number of aryl methyl sites for hydroxylation is 1. The van der Waals surface area contributed by atoms with Crippen molar-refractivity contribution in [2.75, 3.05) is 11.9 Å². The fourth-order valence-corrected chi connectivity index (χ4v) is 1.25. The first kappa shape index (κ1) is 13.4. The number of carbonyl (C=O) groups is 1. The molecule has 17 heavy (non-hydrogen) atoms. The molecule has 94 valence electrons. The molecule has 1 rings (SSSR count). The average molecular weight is 239 g/mol. The summed E-state index contributed by atoms with van der Waals surface area (Å²) in [6.07, 6.45) is 1.97. The van der Waals surface area contributed by atoms with Gasteiger partial charge in [0.15, 0.2) is 0 Å². The Morgan fingerprint density at radius 2 is 2.24 bits per heavy atom. The molecule has 0 aliphatic rings. The van der Waals surface area contributed by atoms with Gasteiger partial charge in [-0.25, -0.2) is 14.8 Å². The molecule has 0 saturated carbocycles. The molecule has 0 fully saturated rings. The van der Waals surface area contributed by atoms with Gasteiger partial charge in [0, 0.05) is 6.20 Å². The summed E-state index contributed by atoms with van der Waals surface area (Å²) in [5.74, 6) is -0.722. The summed E-state index contributed by atoms with van der Waals surface area (Å²) in [4.78, 5) is 18.8. The van der Waals surface area contributed by atoms with E-state index in [4.69, 9.17) is 5.11 Å². The molecule has 0 aliphatic carbocycles. The first-order chi connectivity index (χ1) is 7.91. The second-order valence-corrected chi connectivity index (χ2v) is 4.20. The number of carboxylic acid groups (broad SMARTS) is 1. The quantitative estimate of drug-likeness (QED) is 0.711.